The molecule has 3 aromatic rings. The Bertz CT molecular complexity index is 935. The van der Waals surface area contributed by atoms with Crippen molar-refractivity contribution in [3.63, 3.8) is 0 Å². The molecule has 4 rings (SSSR count). The van der Waals surface area contributed by atoms with Crippen LogP contribution in [0.1, 0.15) is 75.5 Å². The maximum absolute atomic E-state index is 4.10. The van der Waals surface area contributed by atoms with E-state index in [4.69, 9.17) is 0 Å². The summed E-state index contributed by atoms with van der Waals surface area (Å²) in [6, 6.07) is 16.6. The smallest absolute Gasteiger partial charge is 0.0513 e. The summed E-state index contributed by atoms with van der Waals surface area (Å²) in [5, 5.41) is 5.48. The first-order valence-corrected chi connectivity index (χ1v) is 12.1. The van der Waals surface area contributed by atoms with Gasteiger partial charge < -0.3 is 10.3 Å². The Balaban J connectivity index is 1.81. The molecule has 1 aliphatic rings. The molecule has 1 saturated carbocycles. The maximum atomic E-state index is 4.10. The van der Waals surface area contributed by atoms with E-state index in [0.717, 1.165) is 4.47 Å². The van der Waals surface area contributed by atoms with Crippen LogP contribution in [0.3, 0.4) is 0 Å². The number of hydrogen-bond acceptors (Lipinski definition) is 1. The van der Waals surface area contributed by atoms with Crippen molar-refractivity contribution < 1.29 is 0 Å². The fourth-order valence-electron chi connectivity index (χ4n) is 4.81. The molecule has 0 amide bonds. The normalized spacial score (nSPS) is 16.4. The van der Waals surface area contributed by atoms with Gasteiger partial charge in [0.2, 0.25) is 0 Å². The Labute approximate surface area is 183 Å². The first-order chi connectivity index (χ1) is 14.2. The first kappa shape index (κ1) is 20.7. The molecule has 0 radical (unpaired) electrons. The standard InChI is InChI=1S/C26H33BrN2/c1-3-4-10-24(28-21-8-6-5-7-9-21)25-22-17-18(2)11-16-23(22)29-26(25)19-12-14-20(27)15-13-19/h11-17,21,24,28-29H,3-10H2,1-2H3. The van der Waals surface area contributed by atoms with Crippen molar-refractivity contribution >= 4 is 26.8 Å². The summed E-state index contributed by atoms with van der Waals surface area (Å²) in [5.41, 5.74) is 6.58. The van der Waals surface area contributed by atoms with Crippen LogP contribution in [0.2, 0.25) is 0 Å². The predicted octanol–water partition coefficient (Wildman–Crippen LogP) is 8.06. The van der Waals surface area contributed by atoms with Crippen molar-refractivity contribution in [1.82, 2.24) is 10.3 Å². The van der Waals surface area contributed by atoms with Gasteiger partial charge in [0.1, 0.15) is 0 Å². The molecule has 2 aromatic carbocycles. The molecule has 1 aliphatic carbocycles. The van der Waals surface area contributed by atoms with Crippen LogP contribution >= 0.6 is 15.9 Å². The molecule has 0 aliphatic heterocycles. The highest BCUT2D eigenvalue weighted by molar-refractivity contribution is 9.10. The molecular weight excluding hydrogens is 420 g/mol. The Kier molecular flexibility index (Phi) is 6.77. The Hall–Kier alpha value is -1.58. The summed E-state index contributed by atoms with van der Waals surface area (Å²) in [5.74, 6) is 0. The quantitative estimate of drug-likeness (QED) is 0.372. The number of H-pyrrole nitrogens is 1. The van der Waals surface area contributed by atoms with E-state index < -0.39 is 0 Å². The Morgan fingerprint density at radius 3 is 2.55 bits per heavy atom. The van der Waals surface area contributed by atoms with E-state index in [-0.39, 0.29) is 0 Å². The van der Waals surface area contributed by atoms with Gasteiger partial charge >= 0.3 is 0 Å². The van der Waals surface area contributed by atoms with Crippen LogP contribution in [0.15, 0.2) is 46.9 Å². The highest BCUT2D eigenvalue weighted by Gasteiger charge is 2.25. The minimum atomic E-state index is 0.396. The number of benzene rings is 2. The number of nitrogens with one attached hydrogen (secondary N) is 2. The molecule has 2 nitrogen and oxygen atoms in total. The van der Waals surface area contributed by atoms with Gasteiger partial charge in [-0.05, 0) is 56.0 Å². The molecule has 0 spiro atoms. The molecule has 2 N–H and O–H groups in total. The van der Waals surface area contributed by atoms with Crippen LogP contribution in [0, 0.1) is 6.92 Å². The van der Waals surface area contributed by atoms with E-state index in [2.05, 4.69) is 82.5 Å². The topological polar surface area (TPSA) is 27.8 Å². The predicted molar refractivity (Wildman–Crippen MR) is 128 cm³/mol. The molecule has 0 saturated heterocycles. The number of fused-ring (bicyclic) bond motifs is 1. The van der Waals surface area contributed by atoms with E-state index in [1.54, 1.807) is 0 Å². The highest BCUT2D eigenvalue weighted by Crippen LogP contribution is 2.38. The largest absolute Gasteiger partial charge is 0.354 e. The van der Waals surface area contributed by atoms with Gasteiger partial charge in [-0.25, -0.2) is 0 Å². The summed E-state index contributed by atoms with van der Waals surface area (Å²) in [6.45, 7) is 4.50. The zero-order chi connectivity index (χ0) is 20.2. The lowest BCUT2D eigenvalue weighted by Gasteiger charge is -2.29. The average molecular weight is 453 g/mol. The molecule has 29 heavy (non-hydrogen) atoms. The van der Waals surface area contributed by atoms with Crippen LogP contribution in [-0.4, -0.2) is 11.0 Å². The molecule has 1 aromatic heterocycles. The van der Waals surface area contributed by atoms with Crippen LogP contribution in [0.5, 0.6) is 0 Å². The summed E-state index contributed by atoms with van der Waals surface area (Å²) in [6.07, 6.45) is 10.4. The second-order valence-electron chi connectivity index (χ2n) is 8.67. The fourth-order valence-corrected chi connectivity index (χ4v) is 5.07. The van der Waals surface area contributed by atoms with Crippen LogP contribution in [0.4, 0.5) is 0 Å². The molecule has 1 atom stereocenters. The van der Waals surface area contributed by atoms with Crippen molar-refractivity contribution in [1.29, 1.82) is 0 Å². The van der Waals surface area contributed by atoms with E-state index in [1.165, 1.54) is 84.7 Å². The van der Waals surface area contributed by atoms with Gasteiger partial charge in [0, 0.05) is 33.0 Å². The first-order valence-electron chi connectivity index (χ1n) is 11.3. The second-order valence-corrected chi connectivity index (χ2v) is 9.58. The molecular formula is C26H33BrN2. The van der Waals surface area contributed by atoms with Crippen molar-refractivity contribution in [3.8, 4) is 11.3 Å². The van der Waals surface area contributed by atoms with Gasteiger partial charge in [-0.3, -0.25) is 0 Å². The van der Waals surface area contributed by atoms with E-state index in [1.807, 2.05) is 0 Å². The number of rotatable bonds is 7. The van der Waals surface area contributed by atoms with E-state index in [9.17, 15) is 0 Å². The van der Waals surface area contributed by atoms with Gasteiger partial charge in [-0.1, -0.05) is 78.7 Å². The van der Waals surface area contributed by atoms with Crippen molar-refractivity contribution in [2.75, 3.05) is 0 Å². The highest BCUT2D eigenvalue weighted by atomic mass is 79.9. The third-order valence-corrected chi connectivity index (χ3v) is 6.89. The summed E-state index contributed by atoms with van der Waals surface area (Å²) in [7, 11) is 0. The number of aromatic amines is 1. The van der Waals surface area contributed by atoms with Crippen LogP contribution in [0.25, 0.3) is 22.2 Å². The van der Waals surface area contributed by atoms with Crippen molar-refractivity contribution in [2.24, 2.45) is 0 Å². The molecule has 1 unspecified atom stereocenters. The van der Waals surface area contributed by atoms with Crippen molar-refractivity contribution in [2.45, 2.75) is 77.3 Å². The Morgan fingerprint density at radius 2 is 1.83 bits per heavy atom. The minimum absolute atomic E-state index is 0.396. The maximum Gasteiger partial charge on any atom is 0.0513 e. The lowest BCUT2D eigenvalue weighted by atomic mass is 9.90. The summed E-state index contributed by atoms with van der Waals surface area (Å²) >= 11 is 3.59. The van der Waals surface area contributed by atoms with E-state index in [0.29, 0.717) is 12.1 Å². The molecule has 1 fully saturated rings. The molecule has 1 heterocycles. The van der Waals surface area contributed by atoms with Gasteiger partial charge in [-0.15, -0.1) is 0 Å². The van der Waals surface area contributed by atoms with Gasteiger partial charge in [0.05, 0.1) is 5.69 Å². The van der Waals surface area contributed by atoms with Gasteiger partial charge in [-0.2, -0.15) is 0 Å². The lowest BCUT2D eigenvalue weighted by Crippen LogP contribution is -2.34. The van der Waals surface area contributed by atoms with Gasteiger partial charge in [0.25, 0.3) is 0 Å². The summed E-state index contributed by atoms with van der Waals surface area (Å²) < 4.78 is 1.12. The Morgan fingerprint density at radius 1 is 1.07 bits per heavy atom. The number of hydrogen-bond donors (Lipinski definition) is 2. The number of halogens is 1. The zero-order valence-electron chi connectivity index (χ0n) is 17.7. The number of unbranched alkanes of at least 4 members (excludes halogenated alkanes) is 1. The monoisotopic (exact) mass is 452 g/mol. The third kappa shape index (κ3) is 4.78. The second kappa shape index (κ2) is 9.49. The number of aryl methyl sites for hydroxylation is 1. The third-order valence-electron chi connectivity index (χ3n) is 6.36. The fraction of sp³-hybridized carbons (Fsp3) is 0.462. The lowest BCUT2D eigenvalue weighted by molar-refractivity contribution is 0.328. The molecule has 154 valence electrons. The van der Waals surface area contributed by atoms with Gasteiger partial charge in [0.15, 0.2) is 0 Å². The number of aromatic nitrogens is 1. The zero-order valence-corrected chi connectivity index (χ0v) is 19.3. The minimum Gasteiger partial charge on any atom is -0.354 e. The molecule has 3 heteroatoms. The van der Waals surface area contributed by atoms with Crippen LogP contribution < -0.4 is 5.32 Å². The van der Waals surface area contributed by atoms with Crippen molar-refractivity contribution in [3.05, 3.63) is 58.1 Å². The average Bonchev–Trinajstić information content (AvgIpc) is 3.11. The molecule has 0 bridgehead atoms. The SMILES string of the molecule is CCCCC(NC1CCCCC1)c1c(-c2ccc(Br)cc2)[nH]c2ccc(C)cc12. The van der Waals surface area contributed by atoms with E-state index >= 15 is 0 Å². The summed E-state index contributed by atoms with van der Waals surface area (Å²) in [4.78, 5) is 3.77. The van der Waals surface area contributed by atoms with Crippen LogP contribution in [-0.2, 0) is 0 Å².